The molecule has 3 aromatic rings. The minimum atomic E-state index is -3.85. The van der Waals surface area contributed by atoms with E-state index >= 15 is 0 Å². The molecular formula is C36H48ClN5O9S. The van der Waals surface area contributed by atoms with Gasteiger partial charge in [0.05, 0.1) is 23.7 Å². The molecule has 16 heteroatoms. The quantitative estimate of drug-likeness (QED) is 0.0779. The lowest BCUT2D eigenvalue weighted by molar-refractivity contribution is -0.113. The number of pyridine rings is 1. The lowest BCUT2D eigenvalue weighted by Crippen LogP contribution is -2.50. The van der Waals surface area contributed by atoms with E-state index in [0.717, 1.165) is 48.1 Å². The largest absolute Gasteiger partial charge is 0.490 e. The number of hydrogen-bond acceptors (Lipinski definition) is 11. The summed E-state index contributed by atoms with van der Waals surface area (Å²) in [5.74, 6) is 0.851. The molecule has 14 nitrogen and oxygen atoms in total. The normalized spacial score (nSPS) is 17.6. The Hall–Kier alpha value is -3.38. The van der Waals surface area contributed by atoms with Gasteiger partial charge in [-0.2, -0.15) is 0 Å². The van der Waals surface area contributed by atoms with Gasteiger partial charge in [0.15, 0.2) is 0 Å². The van der Waals surface area contributed by atoms with Crippen LogP contribution >= 0.6 is 11.6 Å². The predicted octanol–water partition coefficient (Wildman–Crippen LogP) is 1.86. The van der Waals surface area contributed by atoms with Crippen molar-refractivity contribution in [2.45, 2.75) is 86.0 Å². The summed E-state index contributed by atoms with van der Waals surface area (Å²) in [6.45, 7) is -0.486. The van der Waals surface area contributed by atoms with Gasteiger partial charge >= 0.3 is 6.03 Å². The molecule has 4 atom stereocenters. The molecule has 2 aromatic carbocycles. The summed E-state index contributed by atoms with van der Waals surface area (Å²) in [6, 6.07) is 14.1. The van der Waals surface area contributed by atoms with Crippen LogP contribution in [0.1, 0.15) is 49.7 Å². The van der Waals surface area contributed by atoms with E-state index in [-0.39, 0.29) is 29.6 Å². The molecule has 0 aliphatic heterocycles. The molecule has 5 rings (SSSR count). The summed E-state index contributed by atoms with van der Waals surface area (Å²) in [4.78, 5) is 16.6. The van der Waals surface area contributed by atoms with E-state index in [0.29, 0.717) is 30.0 Å². The first-order chi connectivity index (χ1) is 24.9. The number of rotatable bonds is 20. The van der Waals surface area contributed by atoms with Crippen molar-refractivity contribution < 1.29 is 43.5 Å². The third-order valence-electron chi connectivity index (χ3n) is 9.41. The molecule has 2 aliphatic carbocycles. The van der Waals surface area contributed by atoms with Gasteiger partial charge in [-0.3, -0.25) is 4.98 Å². The summed E-state index contributed by atoms with van der Waals surface area (Å²) in [5, 5.41) is 56.7. The fourth-order valence-corrected chi connectivity index (χ4v) is 7.30. The highest BCUT2D eigenvalue weighted by Gasteiger charge is 2.46. The molecule has 2 saturated carbocycles. The summed E-state index contributed by atoms with van der Waals surface area (Å²) >= 11 is 6.58. The third kappa shape index (κ3) is 9.98. The predicted molar refractivity (Wildman–Crippen MR) is 194 cm³/mol. The number of hydrogen-bond donors (Lipinski definition) is 8. The number of para-hydroxylation sites is 1. The Morgan fingerprint density at radius 2 is 1.75 bits per heavy atom. The number of aliphatic hydroxyl groups is 5. The molecule has 2 amide bonds. The summed E-state index contributed by atoms with van der Waals surface area (Å²) < 4.78 is 34.5. The number of nitrogens with zero attached hydrogens (tertiary/aromatic N) is 2. The topological polar surface area (TPSA) is 214 Å². The third-order valence-corrected chi connectivity index (χ3v) is 11.6. The van der Waals surface area contributed by atoms with Gasteiger partial charge in [0, 0.05) is 61.7 Å². The number of carbonyl (C=O) groups excluding carboxylic acids is 1. The zero-order chi connectivity index (χ0) is 37.5. The van der Waals surface area contributed by atoms with Crippen LogP contribution < -0.4 is 20.7 Å². The van der Waals surface area contributed by atoms with E-state index in [9.17, 15) is 33.6 Å². The van der Waals surface area contributed by atoms with Crippen molar-refractivity contribution in [3.63, 3.8) is 0 Å². The fourth-order valence-electron chi connectivity index (χ4n) is 5.85. The van der Waals surface area contributed by atoms with Crippen molar-refractivity contribution in [1.82, 2.24) is 25.2 Å². The van der Waals surface area contributed by atoms with Crippen LogP contribution in [0.2, 0.25) is 5.02 Å². The summed E-state index contributed by atoms with van der Waals surface area (Å²) in [5.41, 5.74) is 3.42. The van der Waals surface area contributed by atoms with E-state index in [4.69, 9.17) is 21.4 Å². The van der Waals surface area contributed by atoms with Gasteiger partial charge in [0.2, 0.25) is 10.0 Å². The van der Waals surface area contributed by atoms with Crippen LogP contribution in [0.5, 0.6) is 5.75 Å². The average molecular weight is 762 g/mol. The van der Waals surface area contributed by atoms with Gasteiger partial charge in [0.25, 0.3) is 0 Å². The second-order valence-corrected chi connectivity index (χ2v) is 15.8. The number of amides is 2. The number of urea groups is 1. The number of carbonyl (C=O) groups is 1. The van der Waals surface area contributed by atoms with Crippen molar-refractivity contribution >= 4 is 27.7 Å². The molecule has 0 saturated heterocycles. The first-order valence-corrected chi connectivity index (χ1v) is 19.2. The van der Waals surface area contributed by atoms with Gasteiger partial charge in [-0.15, -0.1) is 0 Å². The van der Waals surface area contributed by atoms with Crippen LogP contribution in [0, 0.1) is 0 Å². The zero-order valence-electron chi connectivity index (χ0n) is 29.0. The Morgan fingerprint density at radius 1 is 1.02 bits per heavy atom. The Morgan fingerprint density at radius 3 is 2.46 bits per heavy atom. The zero-order valence-corrected chi connectivity index (χ0v) is 30.6. The second-order valence-electron chi connectivity index (χ2n) is 13.4. The van der Waals surface area contributed by atoms with E-state index in [1.807, 2.05) is 30.5 Å². The number of aromatic nitrogens is 1. The van der Waals surface area contributed by atoms with Crippen molar-refractivity contribution in [2.24, 2.45) is 0 Å². The van der Waals surface area contributed by atoms with E-state index in [2.05, 4.69) is 27.0 Å². The highest BCUT2D eigenvalue weighted by Crippen LogP contribution is 2.50. The number of benzene rings is 2. The SMILES string of the molecule is CN(CCCCNC(=O)NCC(O)C(O)C(O)C(O)CO)S(=O)(=O)c1ccc(Cl)c(CNC2(c3cnccc3-c3ccccc3OC3CC3)CC2)c1. The molecule has 1 heterocycles. The van der Waals surface area contributed by atoms with Crippen LogP contribution in [-0.2, 0) is 22.1 Å². The monoisotopic (exact) mass is 761 g/mol. The molecule has 2 fully saturated rings. The molecule has 0 radical (unpaired) electrons. The molecule has 8 N–H and O–H groups in total. The Balaban J connectivity index is 1.12. The van der Waals surface area contributed by atoms with Gasteiger partial charge in [-0.05, 0) is 85.5 Å². The number of halogens is 1. The average Bonchev–Trinajstić information content (AvgIpc) is 4.10. The lowest BCUT2D eigenvalue weighted by atomic mass is 9.94. The summed E-state index contributed by atoms with van der Waals surface area (Å²) in [6.07, 6.45) is 1.89. The number of unbranched alkanes of at least 4 members (excludes halogenated alkanes) is 1. The maximum absolute atomic E-state index is 13.5. The Kier molecular flexibility index (Phi) is 13.5. The van der Waals surface area contributed by atoms with Crippen LogP contribution in [0.3, 0.4) is 0 Å². The number of sulfonamides is 1. The van der Waals surface area contributed by atoms with Gasteiger partial charge in [0.1, 0.15) is 24.1 Å². The minimum Gasteiger partial charge on any atom is -0.490 e. The molecule has 52 heavy (non-hydrogen) atoms. The highest BCUT2D eigenvalue weighted by atomic mass is 35.5. The van der Waals surface area contributed by atoms with Gasteiger partial charge < -0.3 is 46.2 Å². The molecule has 0 spiro atoms. The van der Waals surface area contributed by atoms with E-state index < -0.39 is 53.6 Å². The number of aliphatic hydroxyl groups excluding tert-OH is 5. The van der Waals surface area contributed by atoms with Crippen molar-refractivity contribution in [3.8, 4) is 16.9 Å². The Labute approximate surface area is 308 Å². The second kappa shape index (κ2) is 17.6. The minimum absolute atomic E-state index is 0.115. The van der Waals surface area contributed by atoms with Crippen molar-refractivity contribution in [1.29, 1.82) is 0 Å². The van der Waals surface area contributed by atoms with Gasteiger partial charge in [-0.1, -0.05) is 29.8 Å². The van der Waals surface area contributed by atoms with E-state index in [1.165, 1.54) is 17.4 Å². The van der Waals surface area contributed by atoms with Crippen LogP contribution in [-0.4, -0.2) is 113 Å². The van der Waals surface area contributed by atoms with Crippen LogP contribution in [0.4, 0.5) is 4.79 Å². The first kappa shape index (κ1) is 39.8. The smallest absolute Gasteiger partial charge is 0.314 e. The van der Waals surface area contributed by atoms with Crippen LogP contribution in [0.15, 0.2) is 65.8 Å². The molecule has 0 bridgehead atoms. The molecule has 284 valence electrons. The number of nitrogens with one attached hydrogen (secondary N) is 3. The highest BCUT2D eigenvalue weighted by molar-refractivity contribution is 7.89. The van der Waals surface area contributed by atoms with E-state index in [1.54, 1.807) is 18.3 Å². The molecule has 1 aromatic heterocycles. The summed E-state index contributed by atoms with van der Waals surface area (Å²) in [7, 11) is -2.36. The molecule has 2 aliphatic rings. The van der Waals surface area contributed by atoms with Crippen LogP contribution in [0.25, 0.3) is 11.1 Å². The maximum atomic E-state index is 13.5. The van der Waals surface area contributed by atoms with Crippen molar-refractivity contribution in [2.75, 3.05) is 33.3 Å². The fraction of sp³-hybridized carbons (Fsp3) is 0.500. The Bertz CT molecular complexity index is 1780. The number of ether oxygens (including phenoxy) is 1. The van der Waals surface area contributed by atoms with Gasteiger partial charge in [-0.25, -0.2) is 17.5 Å². The lowest BCUT2D eigenvalue weighted by Gasteiger charge is -2.25. The molecule has 4 unspecified atom stereocenters. The van der Waals surface area contributed by atoms with Crippen molar-refractivity contribution in [3.05, 3.63) is 77.1 Å². The molecular weight excluding hydrogens is 714 g/mol. The first-order valence-electron chi connectivity index (χ1n) is 17.4. The standard InChI is InChI=1S/C36H48ClN5O9S/c1-42(17-5-4-15-39-35(48)40-21-30(44)33(46)34(47)31(45)22-43)52(49,50)25-10-11-29(37)23(18-25)19-41-36(13-14-36)28-20-38-16-12-26(28)27-6-2-3-7-32(27)51-24-8-9-24/h2-3,6-7,10-12,16,18,20,24,30-31,33-34,41,43-47H,4-5,8-9,13-15,17,19,21-22H2,1H3,(H2,39,40,48). The maximum Gasteiger partial charge on any atom is 0.314 e.